The molecule has 90 valence electrons. The van der Waals surface area contributed by atoms with Gasteiger partial charge >= 0.3 is 12.3 Å². The number of amides is 1. The summed E-state index contributed by atoms with van der Waals surface area (Å²) < 4.78 is 49.5. The SMILES string of the molecule is O=C(NCCn1ccnn1)C(F)(F)C(F)F. The van der Waals surface area contributed by atoms with E-state index in [1.54, 1.807) is 5.32 Å². The number of hydrogen-bond donors (Lipinski definition) is 1. The van der Waals surface area contributed by atoms with Crippen molar-refractivity contribution in [2.75, 3.05) is 6.54 Å². The van der Waals surface area contributed by atoms with Crippen molar-refractivity contribution < 1.29 is 22.4 Å². The fourth-order valence-corrected chi connectivity index (χ4v) is 0.853. The monoisotopic (exact) mass is 240 g/mol. The lowest BCUT2D eigenvalue weighted by atomic mass is 10.3. The fourth-order valence-electron chi connectivity index (χ4n) is 0.853. The van der Waals surface area contributed by atoms with E-state index in [2.05, 4.69) is 10.3 Å². The van der Waals surface area contributed by atoms with Crippen molar-refractivity contribution in [3.8, 4) is 0 Å². The zero-order valence-corrected chi connectivity index (χ0v) is 7.91. The molecule has 0 aliphatic rings. The Morgan fingerprint density at radius 2 is 2.19 bits per heavy atom. The molecule has 0 saturated carbocycles. The van der Waals surface area contributed by atoms with Gasteiger partial charge in [0.15, 0.2) is 0 Å². The van der Waals surface area contributed by atoms with Gasteiger partial charge < -0.3 is 5.32 Å². The molecule has 16 heavy (non-hydrogen) atoms. The molecule has 9 heteroatoms. The topological polar surface area (TPSA) is 59.8 Å². The Labute approximate surface area is 87.4 Å². The van der Waals surface area contributed by atoms with Gasteiger partial charge in [0.25, 0.3) is 5.91 Å². The predicted molar refractivity (Wildman–Crippen MR) is 44.0 cm³/mol. The van der Waals surface area contributed by atoms with E-state index in [4.69, 9.17) is 0 Å². The highest BCUT2D eigenvalue weighted by Gasteiger charge is 2.48. The Kier molecular flexibility index (Phi) is 3.80. The highest BCUT2D eigenvalue weighted by molar-refractivity contribution is 5.83. The van der Waals surface area contributed by atoms with Gasteiger partial charge in [0.1, 0.15) is 0 Å². The fraction of sp³-hybridized carbons (Fsp3) is 0.571. The van der Waals surface area contributed by atoms with E-state index in [1.807, 2.05) is 0 Å². The number of carbonyl (C=O) groups excluding carboxylic acids is 1. The molecule has 0 unspecified atom stereocenters. The van der Waals surface area contributed by atoms with E-state index in [0.717, 1.165) is 0 Å². The molecule has 0 aliphatic heterocycles. The summed E-state index contributed by atoms with van der Waals surface area (Å²) in [5, 5.41) is 8.60. The minimum atomic E-state index is -4.66. The number of alkyl halides is 4. The molecule has 5 nitrogen and oxygen atoms in total. The average Bonchev–Trinajstić information content (AvgIpc) is 2.70. The van der Waals surface area contributed by atoms with Crippen LogP contribution in [0.25, 0.3) is 0 Å². The van der Waals surface area contributed by atoms with Crippen molar-refractivity contribution in [3.05, 3.63) is 12.4 Å². The molecule has 0 fully saturated rings. The van der Waals surface area contributed by atoms with Gasteiger partial charge in [-0.1, -0.05) is 5.21 Å². The maximum absolute atomic E-state index is 12.4. The molecule has 1 heterocycles. The summed E-state index contributed by atoms with van der Waals surface area (Å²) in [6.45, 7) is -0.157. The van der Waals surface area contributed by atoms with Crippen LogP contribution in [0.3, 0.4) is 0 Å². The van der Waals surface area contributed by atoms with Crippen LogP contribution in [0.1, 0.15) is 0 Å². The first kappa shape index (κ1) is 12.4. The van der Waals surface area contributed by atoms with Gasteiger partial charge in [-0.15, -0.1) is 5.10 Å². The molecule has 1 aromatic heterocycles. The smallest absolute Gasteiger partial charge is 0.349 e. The van der Waals surface area contributed by atoms with E-state index in [-0.39, 0.29) is 13.1 Å². The minimum absolute atomic E-state index is 0.0745. The first-order valence-electron chi connectivity index (χ1n) is 4.23. The molecule has 1 aromatic rings. The summed E-state index contributed by atoms with van der Waals surface area (Å²) in [6, 6.07) is 0. The van der Waals surface area contributed by atoms with Crippen molar-refractivity contribution in [3.63, 3.8) is 0 Å². The lowest BCUT2D eigenvalue weighted by Crippen LogP contribution is -2.46. The number of carbonyl (C=O) groups is 1. The van der Waals surface area contributed by atoms with E-state index in [9.17, 15) is 22.4 Å². The van der Waals surface area contributed by atoms with E-state index in [0.29, 0.717) is 0 Å². The lowest BCUT2D eigenvalue weighted by Gasteiger charge is -2.14. The molecule has 0 spiro atoms. The molecule has 1 N–H and O–H groups in total. The third-order valence-electron chi connectivity index (χ3n) is 1.68. The molecule has 1 amide bonds. The molecule has 0 radical (unpaired) electrons. The summed E-state index contributed by atoms with van der Waals surface area (Å²) >= 11 is 0. The maximum atomic E-state index is 12.4. The zero-order chi connectivity index (χ0) is 12.2. The zero-order valence-electron chi connectivity index (χ0n) is 7.91. The second-order valence-corrected chi connectivity index (χ2v) is 2.85. The first-order chi connectivity index (χ1) is 7.44. The summed E-state index contributed by atoms with van der Waals surface area (Å²) in [6.07, 6.45) is -1.22. The quantitative estimate of drug-likeness (QED) is 0.753. The number of halogens is 4. The van der Waals surface area contributed by atoms with Gasteiger partial charge in [0.2, 0.25) is 0 Å². The molecular weight excluding hydrogens is 232 g/mol. The highest BCUT2D eigenvalue weighted by Crippen LogP contribution is 2.22. The molecule has 0 atom stereocenters. The normalized spacial score (nSPS) is 11.8. The van der Waals surface area contributed by atoms with Gasteiger partial charge in [-0.3, -0.25) is 9.48 Å². The second-order valence-electron chi connectivity index (χ2n) is 2.85. The third-order valence-corrected chi connectivity index (χ3v) is 1.68. The van der Waals surface area contributed by atoms with Crippen LogP contribution < -0.4 is 5.32 Å². The van der Waals surface area contributed by atoms with Crippen LogP contribution in [0.2, 0.25) is 0 Å². The number of nitrogens with zero attached hydrogens (tertiary/aromatic N) is 3. The molecule has 0 saturated heterocycles. The van der Waals surface area contributed by atoms with E-state index in [1.165, 1.54) is 17.1 Å². The molecule has 1 rings (SSSR count). The van der Waals surface area contributed by atoms with Crippen molar-refractivity contribution in [2.45, 2.75) is 18.9 Å². The molecule has 0 aliphatic carbocycles. The second kappa shape index (κ2) is 4.90. The Hall–Kier alpha value is -1.67. The Morgan fingerprint density at radius 1 is 1.50 bits per heavy atom. The van der Waals surface area contributed by atoms with Crippen LogP contribution in [0.15, 0.2) is 12.4 Å². The van der Waals surface area contributed by atoms with Gasteiger partial charge in [0, 0.05) is 12.7 Å². The Balaban J connectivity index is 2.36. The van der Waals surface area contributed by atoms with Crippen molar-refractivity contribution in [2.24, 2.45) is 0 Å². The Bertz CT molecular complexity index is 340. The number of aromatic nitrogens is 3. The van der Waals surface area contributed by atoms with Crippen molar-refractivity contribution in [1.82, 2.24) is 20.3 Å². The lowest BCUT2D eigenvalue weighted by molar-refractivity contribution is -0.169. The van der Waals surface area contributed by atoms with Gasteiger partial charge in [-0.2, -0.15) is 8.78 Å². The van der Waals surface area contributed by atoms with E-state index >= 15 is 0 Å². The van der Waals surface area contributed by atoms with Crippen LogP contribution in [0.5, 0.6) is 0 Å². The summed E-state index contributed by atoms with van der Waals surface area (Å²) in [4.78, 5) is 10.6. The maximum Gasteiger partial charge on any atom is 0.383 e. The number of nitrogens with one attached hydrogen (secondary N) is 1. The van der Waals surface area contributed by atoms with Crippen molar-refractivity contribution in [1.29, 1.82) is 0 Å². The van der Waals surface area contributed by atoms with Gasteiger partial charge in [0.05, 0.1) is 12.7 Å². The van der Waals surface area contributed by atoms with Crippen LogP contribution in [-0.4, -0.2) is 39.8 Å². The first-order valence-corrected chi connectivity index (χ1v) is 4.23. The predicted octanol–water partition coefficient (Wildman–Crippen LogP) is 0.295. The molecule has 0 bridgehead atoms. The summed E-state index contributed by atoms with van der Waals surface area (Å²) in [5.41, 5.74) is 0. The summed E-state index contributed by atoms with van der Waals surface area (Å²) in [5.74, 6) is -6.66. The van der Waals surface area contributed by atoms with Crippen LogP contribution in [0.4, 0.5) is 17.6 Å². The van der Waals surface area contributed by atoms with Gasteiger partial charge in [-0.05, 0) is 0 Å². The third kappa shape index (κ3) is 2.91. The minimum Gasteiger partial charge on any atom is -0.349 e. The highest BCUT2D eigenvalue weighted by atomic mass is 19.3. The van der Waals surface area contributed by atoms with Crippen LogP contribution >= 0.6 is 0 Å². The van der Waals surface area contributed by atoms with Gasteiger partial charge in [-0.25, -0.2) is 8.78 Å². The molecule has 0 aromatic carbocycles. The number of rotatable bonds is 5. The average molecular weight is 240 g/mol. The van der Waals surface area contributed by atoms with E-state index < -0.39 is 18.3 Å². The molecular formula is C7H8F4N4O. The van der Waals surface area contributed by atoms with Crippen LogP contribution in [-0.2, 0) is 11.3 Å². The van der Waals surface area contributed by atoms with Crippen molar-refractivity contribution >= 4 is 5.91 Å². The standard InChI is InChI=1S/C7H8F4N4O/c8-5(9)7(10,11)6(16)12-1-3-15-4-2-13-14-15/h2,4-5H,1,3H2,(H,12,16). The summed E-state index contributed by atoms with van der Waals surface area (Å²) in [7, 11) is 0. The largest absolute Gasteiger partial charge is 0.383 e. The Morgan fingerprint density at radius 3 is 2.69 bits per heavy atom. The number of hydrogen-bond acceptors (Lipinski definition) is 3. The van der Waals surface area contributed by atoms with Crippen LogP contribution in [0, 0.1) is 0 Å².